The smallest absolute Gasteiger partial charge is 0.248 e. The molecular formula is C14H12BrN3O. The van der Waals surface area contributed by atoms with Gasteiger partial charge in [0.15, 0.2) is 0 Å². The number of anilines is 2. The van der Waals surface area contributed by atoms with Crippen molar-refractivity contribution in [1.29, 1.82) is 0 Å². The van der Waals surface area contributed by atoms with E-state index in [-0.39, 0.29) is 11.9 Å². The van der Waals surface area contributed by atoms with Gasteiger partial charge in [-0.15, -0.1) is 0 Å². The van der Waals surface area contributed by atoms with Crippen LogP contribution in [0.1, 0.15) is 5.56 Å². The number of halogens is 1. The highest BCUT2D eigenvalue weighted by Crippen LogP contribution is 2.25. The monoisotopic (exact) mass is 317 g/mol. The molecule has 1 aromatic heterocycles. The van der Waals surface area contributed by atoms with Gasteiger partial charge in [-0.2, -0.15) is 0 Å². The Bertz CT molecular complexity index is 587. The Morgan fingerprint density at radius 3 is 2.89 bits per heavy atom. The van der Waals surface area contributed by atoms with Gasteiger partial charge >= 0.3 is 0 Å². The van der Waals surface area contributed by atoms with Crippen LogP contribution in [0.4, 0.5) is 11.5 Å². The molecule has 0 fully saturated rings. The molecule has 2 N–H and O–H groups in total. The zero-order valence-electron chi connectivity index (χ0n) is 10.1. The second kappa shape index (κ2) is 5.01. The second-order valence-corrected chi connectivity index (χ2v) is 5.32. The maximum absolute atomic E-state index is 12.1. The zero-order valence-corrected chi connectivity index (χ0v) is 11.6. The Kier molecular flexibility index (Phi) is 3.21. The molecule has 0 bridgehead atoms. The Morgan fingerprint density at radius 2 is 2.16 bits per heavy atom. The third kappa shape index (κ3) is 2.61. The van der Waals surface area contributed by atoms with Crippen LogP contribution in [-0.2, 0) is 11.2 Å². The lowest BCUT2D eigenvalue weighted by atomic mass is 10.1. The number of benzene rings is 1. The van der Waals surface area contributed by atoms with Crippen molar-refractivity contribution in [2.75, 3.05) is 10.6 Å². The fraction of sp³-hybridized carbons (Fsp3) is 0.143. The Balaban J connectivity index is 1.68. The highest BCUT2D eigenvalue weighted by atomic mass is 79.9. The minimum Gasteiger partial charge on any atom is -0.373 e. The van der Waals surface area contributed by atoms with Gasteiger partial charge in [-0.1, -0.05) is 18.2 Å². The van der Waals surface area contributed by atoms with Crippen LogP contribution >= 0.6 is 15.9 Å². The fourth-order valence-corrected chi connectivity index (χ4v) is 2.35. The molecule has 3 rings (SSSR count). The number of amides is 1. The van der Waals surface area contributed by atoms with E-state index in [0.717, 1.165) is 10.2 Å². The minimum atomic E-state index is -0.233. The number of pyridine rings is 1. The van der Waals surface area contributed by atoms with Crippen molar-refractivity contribution in [3.05, 3.63) is 52.6 Å². The molecule has 4 nitrogen and oxygen atoms in total. The van der Waals surface area contributed by atoms with Gasteiger partial charge in [0.2, 0.25) is 5.91 Å². The number of fused-ring (bicyclic) bond motifs is 1. The average molecular weight is 318 g/mol. The molecule has 2 heterocycles. The van der Waals surface area contributed by atoms with Crippen molar-refractivity contribution in [3.63, 3.8) is 0 Å². The van der Waals surface area contributed by atoms with E-state index in [9.17, 15) is 4.79 Å². The summed E-state index contributed by atoms with van der Waals surface area (Å²) in [5.41, 5.74) is 2.21. The van der Waals surface area contributed by atoms with Crippen LogP contribution in [0.5, 0.6) is 0 Å². The van der Waals surface area contributed by atoms with E-state index in [2.05, 4.69) is 31.5 Å². The Hall–Kier alpha value is -1.88. The van der Waals surface area contributed by atoms with Crippen LogP contribution in [0, 0.1) is 0 Å². The summed E-state index contributed by atoms with van der Waals surface area (Å²) in [4.78, 5) is 16.3. The highest BCUT2D eigenvalue weighted by molar-refractivity contribution is 9.10. The molecule has 1 aromatic carbocycles. The van der Waals surface area contributed by atoms with E-state index in [1.807, 2.05) is 30.3 Å². The van der Waals surface area contributed by atoms with Gasteiger partial charge < -0.3 is 10.6 Å². The van der Waals surface area contributed by atoms with Crippen molar-refractivity contribution in [1.82, 2.24) is 4.98 Å². The van der Waals surface area contributed by atoms with Gasteiger partial charge in [0.1, 0.15) is 11.9 Å². The number of carbonyl (C=O) groups excluding carboxylic acids is 1. The summed E-state index contributed by atoms with van der Waals surface area (Å²) < 4.78 is 0.886. The van der Waals surface area contributed by atoms with Crippen LogP contribution in [0.15, 0.2) is 47.1 Å². The van der Waals surface area contributed by atoms with E-state index in [1.54, 1.807) is 12.3 Å². The Labute approximate surface area is 119 Å². The standard InChI is InChI=1S/C14H12BrN3O/c15-10-5-6-13(16-8-10)18-14(19)12-7-9-3-1-2-4-11(9)17-12/h1-6,8,12,17H,7H2,(H,16,18,19)/t12-/m0/s1. The lowest BCUT2D eigenvalue weighted by molar-refractivity contribution is -0.116. The molecule has 1 aliphatic rings. The van der Waals surface area contributed by atoms with Crippen molar-refractivity contribution < 1.29 is 4.79 Å². The van der Waals surface area contributed by atoms with Crippen molar-refractivity contribution in [3.8, 4) is 0 Å². The van der Waals surface area contributed by atoms with E-state index in [1.165, 1.54) is 5.56 Å². The summed E-state index contributed by atoms with van der Waals surface area (Å²) in [6, 6.07) is 11.3. The van der Waals surface area contributed by atoms with Crippen LogP contribution in [-0.4, -0.2) is 16.9 Å². The van der Waals surface area contributed by atoms with Crippen molar-refractivity contribution >= 4 is 33.3 Å². The summed E-state index contributed by atoms with van der Waals surface area (Å²) in [6.07, 6.45) is 2.37. The molecular weight excluding hydrogens is 306 g/mol. The third-order valence-electron chi connectivity index (χ3n) is 3.07. The summed E-state index contributed by atoms with van der Waals surface area (Å²) in [7, 11) is 0. The number of carbonyl (C=O) groups is 1. The Morgan fingerprint density at radius 1 is 1.32 bits per heavy atom. The van der Waals surface area contributed by atoms with Crippen LogP contribution in [0.25, 0.3) is 0 Å². The van der Waals surface area contributed by atoms with E-state index in [4.69, 9.17) is 0 Å². The number of hydrogen-bond donors (Lipinski definition) is 2. The van der Waals surface area contributed by atoms with Gasteiger partial charge in [0.25, 0.3) is 0 Å². The maximum Gasteiger partial charge on any atom is 0.248 e. The minimum absolute atomic E-state index is 0.0639. The highest BCUT2D eigenvalue weighted by Gasteiger charge is 2.26. The van der Waals surface area contributed by atoms with Gasteiger partial charge in [-0.3, -0.25) is 4.79 Å². The first-order valence-corrected chi connectivity index (χ1v) is 6.78. The number of nitrogens with zero attached hydrogens (tertiary/aromatic N) is 1. The molecule has 1 amide bonds. The molecule has 0 spiro atoms. The number of nitrogens with one attached hydrogen (secondary N) is 2. The van der Waals surface area contributed by atoms with Crippen molar-refractivity contribution in [2.45, 2.75) is 12.5 Å². The summed E-state index contributed by atoms with van der Waals surface area (Å²) in [5.74, 6) is 0.497. The van der Waals surface area contributed by atoms with Crippen molar-refractivity contribution in [2.24, 2.45) is 0 Å². The van der Waals surface area contributed by atoms with Gasteiger partial charge in [0, 0.05) is 22.8 Å². The second-order valence-electron chi connectivity index (χ2n) is 4.41. The topological polar surface area (TPSA) is 54.0 Å². The summed E-state index contributed by atoms with van der Waals surface area (Å²) >= 11 is 3.31. The van der Waals surface area contributed by atoms with Gasteiger partial charge in [-0.25, -0.2) is 4.98 Å². The molecule has 0 saturated heterocycles. The van der Waals surface area contributed by atoms with Gasteiger partial charge in [0.05, 0.1) is 0 Å². The molecule has 1 atom stereocenters. The van der Waals surface area contributed by atoms with Gasteiger partial charge in [-0.05, 0) is 39.7 Å². The molecule has 5 heteroatoms. The number of para-hydroxylation sites is 1. The molecule has 96 valence electrons. The maximum atomic E-state index is 12.1. The number of aromatic nitrogens is 1. The molecule has 2 aromatic rings. The molecule has 19 heavy (non-hydrogen) atoms. The van der Waals surface area contributed by atoms with E-state index in [0.29, 0.717) is 12.2 Å². The first kappa shape index (κ1) is 12.2. The molecule has 0 unspecified atom stereocenters. The largest absolute Gasteiger partial charge is 0.373 e. The first-order valence-electron chi connectivity index (χ1n) is 5.99. The SMILES string of the molecule is O=C(Nc1ccc(Br)cn1)[C@@H]1Cc2ccccc2N1. The summed E-state index contributed by atoms with van der Waals surface area (Å²) in [6.45, 7) is 0. The summed E-state index contributed by atoms with van der Waals surface area (Å²) in [5, 5.41) is 6.03. The molecule has 1 aliphatic heterocycles. The lowest BCUT2D eigenvalue weighted by Gasteiger charge is -2.11. The predicted octanol–water partition coefficient (Wildman–Crippen LogP) is 2.82. The van der Waals surface area contributed by atoms with E-state index >= 15 is 0 Å². The zero-order chi connectivity index (χ0) is 13.2. The fourth-order valence-electron chi connectivity index (χ4n) is 2.12. The number of rotatable bonds is 2. The van der Waals surface area contributed by atoms with Crippen LogP contribution in [0.3, 0.4) is 0 Å². The van der Waals surface area contributed by atoms with Crippen LogP contribution in [0.2, 0.25) is 0 Å². The lowest BCUT2D eigenvalue weighted by Crippen LogP contribution is -2.33. The average Bonchev–Trinajstić information content (AvgIpc) is 2.85. The predicted molar refractivity (Wildman–Crippen MR) is 78.1 cm³/mol. The quantitative estimate of drug-likeness (QED) is 0.895. The molecule has 0 aliphatic carbocycles. The van der Waals surface area contributed by atoms with Crippen LogP contribution < -0.4 is 10.6 Å². The normalized spacial score (nSPS) is 16.6. The number of hydrogen-bond acceptors (Lipinski definition) is 3. The van der Waals surface area contributed by atoms with E-state index < -0.39 is 0 Å². The third-order valence-corrected chi connectivity index (χ3v) is 3.54. The first-order chi connectivity index (χ1) is 9.22. The molecule has 0 saturated carbocycles. The molecule has 0 radical (unpaired) electrons.